The van der Waals surface area contributed by atoms with Crippen molar-refractivity contribution in [2.45, 2.75) is 6.92 Å². The molecule has 7 heteroatoms. The molecule has 3 aromatic carbocycles. The molecular weight excluding hydrogens is 484 g/mol. The van der Waals surface area contributed by atoms with Crippen molar-refractivity contribution in [1.29, 1.82) is 5.26 Å². The summed E-state index contributed by atoms with van der Waals surface area (Å²) in [6.07, 6.45) is 1.88. The number of para-hydroxylation sites is 1. The molecule has 5 aromatic rings. The van der Waals surface area contributed by atoms with Crippen molar-refractivity contribution < 1.29 is 9.53 Å². The van der Waals surface area contributed by atoms with Gasteiger partial charge in [0.15, 0.2) is 12.4 Å². The second-order valence-electron chi connectivity index (χ2n) is 8.34. The number of ether oxygens (including phenoxy) is 1. The maximum Gasteiger partial charge on any atom is 0.233 e. The van der Waals surface area contributed by atoms with E-state index in [1.165, 1.54) is 0 Å². The fourth-order valence-corrected chi connectivity index (χ4v) is 4.12. The van der Waals surface area contributed by atoms with Crippen molar-refractivity contribution in [1.82, 2.24) is 14.8 Å². The van der Waals surface area contributed by atoms with Crippen LogP contribution in [0.3, 0.4) is 0 Å². The molecule has 0 saturated carbocycles. The van der Waals surface area contributed by atoms with Crippen LogP contribution in [-0.4, -0.2) is 27.2 Å². The highest BCUT2D eigenvalue weighted by molar-refractivity contribution is 6.30. The Morgan fingerprint density at radius 2 is 1.65 bits per heavy atom. The summed E-state index contributed by atoms with van der Waals surface area (Å²) in [7, 11) is 0. The lowest BCUT2D eigenvalue weighted by atomic mass is 9.99. The van der Waals surface area contributed by atoms with Crippen LogP contribution in [0.4, 0.5) is 0 Å². The van der Waals surface area contributed by atoms with Crippen LogP contribution in [0.5, 0.6) is 5.88 Å². The molecule has 0 radical (unpaired) electrons. The minimum absolute atomic E-state index is 0.0843. The number of nitriles is 1. The van der Waals surface area contributed by atoms with Crippen molar-refractivity contribution in [3.63, 3.8) is 0 Å². The minimum atomic E-state index is -0.253. The van der Waals surface area contributed by atoms with E-state index in [-0.39, 0.29) is 23.8 Å². The lowest BCUT2D eigenvalue weighted by molar-refractivity contribution is 0.0918. The Balaban J connectivity index is 1.61. The third kappa shape index (κ3) is 5.13. The molecule has 5 rings (SSSR count). The number of hydrogen-bond acceptors (Lipinski definition) is 5. The van der Waals surface area contributed by atoms with Crippen molar-refractivity contribution in [3.05, 3.63) is 119 Å². The van der Waals surface area contributed by atoms with Crippen molar-refractivity contribution in [2.24, 2.45) is 0 Å². The number of aryl methyl sites for hydroxylation is 1. The third-order valence-corrected chi connectivity index (χ3v) is 6.14. The van der Waals surface area contributed by atoms with Gasteiger partial charge >= 0.3 is 0 Å². The number of benzene rings is 3. The van der Waals surface area contributed by atoms with Crippen molar-refractivity contribution >= 4 is 17.4 Å². The molecule has 180 valence electrons. The number of carbonyl (C=O) groups excluding carboxylic acids is 1. The van der Waals surface area contributed by atoms with Crippen molar-refractivity contribution in [2.75, 3.05) is 6.61 Å². The minimum Gasteiger partial charge on any atom is -0.468 e. The number of Topliss-reactive ketones (excluding diaryl/α,β-unsaturated/α-hetero) is 1. The van der Waals surface area contributed by atoms with Gasteiger partial charge in [-0.25, -0.2) is 9.67 Å². The summed E-state index contributed by atoms with van der Waals surface area (Å²) >= 11 is 6.09. The Morgan fingerprint density at radius 3 is 2.32 bits per heavy atom. The lowest BCUT2D eigenvalue weighted by Gasteiger charge is -2.13. The standard InChI is InChI=1S/C30H21ClN4O2/c1-20-27(18-35(34-20)24-10-6-3-7-11-24)25-16-28(21-12-14-23(31)15-13-21)33-30(26(25)17-32)37-19-29(36)22-8-4-2-5-9-22/h2-16,18H,19H2,1H3. The van der Waals surface area contributed by atoms with Gasteiger partial charge in [-0.1, -0.05) is 72.3 Å². The smallest absolute Gasteiger partial charge is 0.233 e. The quantitative estimate of drug-likeness (QED) is 0.230. The first-order valence-corrected chi connectivity index (χ1v) is 12.0. The zero-order valence-corrected chi connectivity index (χ0v) is 20.7. The fourth-order valence-electron chi connectivity index (χ4n) is 3.99. The van der Waals surface area contributed by atoms with Crippen LogP contribution in [0.25, 0.3) is 28.1 Å². The zero-order valence-electron chi connectivity index (χ0n) is 19.9. The molecule has 2 aromatic heterocycles. The van der Waals surface area contributed by atoms with Crippen LogP contribution in [0.1, 0.15) is 21.6 Å². The Labute approximate surface area is 219 Å². The number of ketones is 1. The van der Waals surface area contributed by atoms with E-state index in [2.05, 4.69) is 16.2 Å². The van der Waals surface area contributed by atoms with Gasteiger partial charge in [-0.3, -0.25) is 4.79 Å². The largest absolute Gasteiger partial charge is 0.468 e. The van der Waals surface area contributed by atoms with Gasteiger partial charge in [-0.2, -0.15) is 10.4 Å². The van der Waals surface area contributed by atoms with Gasteiger partial charge in [0.25, 0.3) is 0 Å². The van der Waals surface area contributed by atoms with Gasteiger partial charge in [0.05, 0.1) is 17.1 Å². The first kappa shape index (κ1) is 24.0. The number of aromatic nitrogens is 3. The summed E-state index contributed by atoms with van der Waals surface area (Å²) < 4.78 is 7.66. The first-order chi connectivity index (χ1) is 18.0. The second-order valence-corrected chi connectivity index (χ2v) is 8.78. The highest BCUT2D eigenvalue weighted by atomic mass is 35.5. The summed E-state index contributed by atoms with van der Waals surface area (Å²) in [6.45, 7) is 1.63. The summed E-state index contributed by atoms with van der Waals surface area (Å²) in [5, 5.41) is 15.4. The van der Waals surface area contributed by atoms with Gasteiger partial charge in [0.2, 0.25) is 5.88 Å². The normalized spacial score (nSPS) is 10.6. The molecule has 0 amide bonds. The summed E-state index contributed by atoms with van der Waals surface area (Å²) in [6, 6.07) is 29.9. The maximum absolute atomic E-state index is 12.7. The number of rotatable bonds is 7. The molecule has 0 aliphatic heterocycles. The number of halogens is 1. The molecule has 0 bridgehead atoms. The van der Waals surface area contributed by atoms with E-state index in [1.807, 2.05) is 67.7 Å². The number of pyridine rings is 1. The number of nitrogens with zero attached hydrogens (tertiary/aromatic N) is 4. The predicted molar refractivity (Wildman–Crippen MR) is 143 cm³/mol. The van der Waals surface area contributed by atoms with E-state index >= 15 is 0 Å². The molecule has 0 aliphatic carbocycles. The van der Waals surface area contributed by atoms with Crippen LogP contribution >= 0.6 is 11.6 Å². The zero-order chi connectivity index (χ0) is 25.8. The molecule has 37 heavy (non-hydrogen) atoms. The van der Waals surface area contributed by atoms with Gasteiger partial charge in [0, 0.05) is 33.5 Å². The van der Waals surface area contributed by atoms with E-state index in [0.29, 0.717) is 21.8 Å². The van der Waals surface area contributed by atoms with Crippen molar-refractivity contribution in [3.8, 4) is 40.0 Å². The Bertz CT molecular complexity index is 1610. The monoisotopic (exact) mass is 504 g/mol. The topological polar surface area (TPSA) is 80.8 Å². The molecule has 0 atom stereocenters. The molecule has 0 unspecified atom stereocenters. The van der Waals surface area contributed by atoms with E-state index in [4.69, 9.17) is 16.3 Å². The highest BCUT2D eigenvalue weighted by Crippen LogP contribution is 2.35. The summed E-state index contributed by atoms with van der Waals surface area (Å²) in [4.78, 5) is 17.3. The average Bonchev–Trinajstić information content (AvgIpc) is 3.33. The first-order valence-electron chi connectivity index (χ1n) is 11.6. The molecule has 6 nitrogen and oxygen atoms in total. The molecule has 0 saturated heterocycles. The van der Waals surface area contributed by atoms with Gasteiger partial charge in [0.1, 0.15) is 11.6 Å². The van der Waals surface area contributed by atoms with Crippen LogP contribution in [-0.2, 0) is 0 Å². The lowest BCUT2D eigenvalue weighted by Crippen LogP contribution is -2.13. The van der Waals surface area contributed by atoms with Crippen LogP contribution in [0.15, 0.2) is 97.2 Å². The Hall–Kier alpha value is -4.73. The van der Waals surface area contributed by atoms with E-state index in [1.54, 1.807) is 41.1 Å². The predicted octanol–water partition coefficient (Wildman–Crippen LogP) is 6.70. The highest BCUT2D eigenvalue weighted by Gasteiger charge is 2.21. The molecule has 0 spiro atoms. The summed E-state index contributed by atoms with van der Waals surface area (Å²) in [5.41, 5.74) is 5.14. The third-order valence-electron chi connectivity index (χ3n) is 5.88. The van der Waals surface area contributed by atoms with Crippen LogP contribution < -0.4 is 4.74 Å². The van der Waals surface area contributed by atoms with E-state index in [9.17, 15) is 10.1 Å². The van der Waals surface area contributed by atoms with Crippen LogP contribution in [0, 0.1) is 18.3 Å². The van der Waals surface area contributed by atoms with Crippen LogP contribution in [0.2, 0.25) is 5.02 Å². The molecule has 0 fully saturated rings. The maximum atomic E-state index is 12.7. The summed E-state index contributed by atoms with van der Waals surface area (Å²) in [5.74, 6) is -0.126. The fraction of sp³-hybridized carbons (Fsp3) is 0.0667. The molecule has 0 aliphatic rings. The SMILES string of the molecule is Cc1nn(-c2ccccc2)cc1-c1cc(-c2ccc(Cl)cc2)nc(OCC(=O)c2ccccc2)c1C#N. The van der Waals surface area contributed by atoms with Gasteiger partial charge < -0.3 is 4.74 Å². The van der Waals surface area contributed by atoms with E-state index in [0.717, 1.165) is 22.5 Å². The van der Waals surface area contributed by atoms with Gasteiger partial charge in [-0.15, -0.1) is 0 Å². The van der Waals surface area contributed by atoms with Gasteiger partial charge in [-0.05, 0) is 37.3 Å². The Kier molecular flexibility index (Phi) is 6.80. The number of carbonyl (C=O) groups is 1. The average molecular weight is 505 g/mol. The Morgan fingerprint density at radius 1 is 0.973 bits per heavy atom. The molecule has 2 heterocycles. The number of hydrogen-bond donors (Lipinski definition) is 0. The second kappa shape index (κ2) is 10.5. The van der Waals surface area contributed by atoms with E-state index < -0.39 is 0 Å². The molecular formula is C30H21ClN4O2. The molecule has 0 N–H and O–H groups in total.